The minimum absolute atomic E-state index is 0.247. The number of anilines is 1. The van der Waals surface area contributed by atoms with Crippen LogP contribution in [0.1, 0.15) is 20.3 Å². The minimum Gasteiger partial charge on any atom is -0.406 e. The highest BCUT2D eigenvalue weighted by atomic mass is 19.4. The third-order valence-electron chi connectivity index (χ3n) is 2.45. The van der Waals surface area contributed by atoms with E-state index in [4.69, 9.17) is 0 Å². The van der Waals surface area contributed by atoms with Gasteiger partial charge in [0, 0.05) is 5.69 Å². The van der Waals surface area contributed by atoms with Gasteiger partial charge in [0.05, 0.1) is 6.04 Å². The molecule has 1 aromatic rings. The van der Waals surface area contributed by atoms with Gasteiger partial charge in [-0.1, -0.05) is 6.92 Å². The number of hydrogen-bond donors (Lipinski definition) is 2. The highest BCUT2D eigenvalue weighted by molar-refractivity contribution is 5.94. The van der Waals surface area contributed by atoms with Crippen LogP contribution in [0.2, 0.25) is 0 Å². The van der Waals surface area contributed by atoms with Gasteiger partial charge in [-0.15, -0.1) is 13.2 Å². The molecule has 0 heterocycles. The first-order valence-electron chi connectivity index (χ1n) is 6.22. The lowest BCUT2D eigenvalue weighted by molar-refractivity contribution is -0.274. The van der Waals surface area contributed by atoms with Gasteiger partial charge in [0.2, 0.25) is 5.91 Å². The molecule has 7 heteroatoms. The standard InChI is InChI=1S/C13H17F3N2O2/c1-3-8-17-9(2)12(19)18-10-4-6-11(7-5-10)20-13(14,15)16/h4-7,9,17H,3,8H2,1-2H3,(H,18,19). The van der Waals surface area contributed by atoms with E-state index in [0.29, 0.717) is 12.2 Å². The van der Waals surface area contributed by atoms with Crippen molar-refractivity contribution in [2.75, 3.05) is 11.9 Å². The first-order valence-corrected chi connectivity index (χ1v) is 6.22. The van der Waals surface area contributed by atoms with E-state index in [2.05, 4.69) is 15.4 Å². The van der Waals surface area contributed by atoms with Gasteiger partial charge in [-0.25, -0.2) is 0 Å². The quantitative estimate of drug-likeness (QED) is 0.847. The molecule has 1 amide bonds. The zero-order chi connectivity index (χ0) is 15.2. The molecular formula is C13H17F3N2O2. The molecule has 1 aromatic carbocycles. The largest absolute Gasteiger partial charge is 0.573 e. The number of ether oxygens (including phenoxy) is 1. The average Bonchev–Trinajstić information content (AvgIpc) is 2.36. The zero-order valence-electron chi connectivity index (χ0n) is 11.3. The molecule has 0 aliphatic carbocycles. The van der Waals surface area contributed by atoms with Gasteiger partial charge >= 0.3 is 6.36 Å². The van der Waals surface area contributed by atoms with Gasteiger partial charge in [0.25, 0.3) is 0 Å². The Bertz CT molecular complexity index is 432. The Morgan fingerprint density at radius 1 is 1.30 bits per heavy atom. The minimum atomic E-state index is -4.72. The Morgan fingerprint density at radius 2 is 1.90 bits per heavy atom. The molecule has 2 N–H and O–H groups in total. The molecule has 0 radical (unpaired) electrons. The summed E-state index contributed by atoms with van der Waals surface area (Å²) in [6, 6.07) is 4.62. The molecule has 0 aromatic heterocycles. The fourth-order valence-corrected chi connectivity index (χ4v) is 1.44. The van der Waals surface area contributed by atoms with E-state index in [-0.39, 0.29) is 17.7 Å². The molecule has 0 aliphatic rings. The van der Waals surface area contributed by atoms with Gasteiger partial charge < -0.3 is 15.4 Å². The predicted octanol–water partition coefficient (Wildman–Crippen LogP) is 2.91. The maximum absolute atomic E-state index is 12.0. The molecule has 112 valence electrons. The van der Waals surface area contributed by atoms with Crippen LogP contribution in [0.25, 0.3) is 0 Å². The summed E-state index contributed by atoms with van der Waals surface area (Å²) in [5.74, 6) is -0.574. The van der Waals surface area contributed by atoms with Crippen LogP contribution in [-0.4, -0.2) is 24.9 Å². The Kier molecular flexibility index (Phi) is 5.82. The van der Waals surface area contributed by atoms with Crippen molar-refractivity contribution in [2.45, 2.75) is 32.7 Å². The third kappa shape index (κ3) is 5.92. The van der Waals surface area contributed by atoms with Crippen LogP contribution in [-0.2, 0) is 4.79 Å². The van der Waals surface area contributed by atoms with E-state index in [9.17, 15) is 18.0 Å². The molecule has 1 rings (SSSR count). The van der Waals surface area contributed by atoms with Gasteiger partial charge in [-0.05, 0) is 44.2 Å². The maximum atomic E-state index is 12.0. The van der Waals surface area contributed by atoms with Crippen LogP contribution < -0.4 is 15.4 Å². The summed E-state index contributed by atoms with van der Waals surface area (Å²) in [4.78, 5) is 11.7. The predicted molar refractivity (Wildman–Crippen MR) is 69.5 cm³/mol. The number of hydrogen-bond acceptors (Lipinski definition) is 3. The molecule has 20 heavy (non-hydrogen) atoms. The first kappa shape index (κ1) is 16.3. The number of benzene rings is 1. The number of carbonyl (C=O) groups excluding carboxylic acids is 1. The summed E-state index contributed by atoms with van der Waals surface area (Å²) in [7, 11) is 0. The van der Waals surface area contributed by atoms with Gasteiger partial charge in [-0.2, -0.15) is 0 Å². The SMILES string of the molecule is CCCNC(C)C(=O)Nc1ccc(OC(F)(F)F)cc1. The molecule has 0 bridgehead atoms. The average molecular weight is 290 g/mol. The second-order valence-corrected chi connectivity index (χ2v) is 4.24. The van der Waals surface area contributed by atoms with Crippen molar-refractivity contribution in [3.63, 3.8) is 0 Å². The lowest BCUT2D eigenvalue weighted by Gasteiger charge is -2.14. The molecule has 4 nitrogen and oxygen atoms in total. The molecule has 0 fully saturated rings. The number of carbonyl (C=O) groups is 1. The summed E-state index contributed by atoms with van der Waals surface area (Å²) in [5, 5.41) is 5.61. The highest BCUT2D eigenvalue weighted by Crippen LogP contribution is 2.23. The van der Waals surface area contributed by atoms with Crippen molar-refractivity contribution in [2.24, 2.45) is 0 Å². The topological polar surface area (TPSA) is 50.4 Å². The van der Waals surface area contributed by atoms with E-state index in [1.807, 2.05) is 6.92 Å². The Balaban J connectivity index is 2.55. The van der Waals surface area contributed by atoms with E-state index < -0.39 is 6.36 Å². The van der Waals surface area contributed by atoms with Crippen molar-refractivity contribution in [3.05, 3.63) is 24.3 Å². The van der Waals surface area contributed by atoms with Crippen molar-refractivity contribution in [3.8, 4) is 5.75 Å². The zero-order valence-corrected chi connectivity index (χ0v) is 11.3. The van der Waals surface area contributed by atoms with Gasteiger partial charge in [0.15, 0.2) is 0 Å². The highest BCUT2D eigenvalue weighted by Gasteiger charge is 2.30. The monoisotopic (exact) mass is 290 g/mol. The lowest BCUT2D eigenvalue weighted by Crippen LogP contribution is -2.38. The lowest BCUT2D eigenvalue weighted by atomic mass is 10.2. The Hall–Kier alpha value is -1.76. The number of alkyl halides is 3. The Labute approximate surface area is 115 Å². The van der Waals surface area contributed by atoms with Crippen molar-refractivity contribution < 1.29 is 22.7 Å². The summed E-state index contributed by atoms with van der Waals surface area (Å²) in [6.45, 7) is 4.41. The van der Waals surface area contributed by atoms with E-state index >= 15 is 0 Å². The number of nitrogens with one attached hydrogen (secondary N) is 2. The summed E-state index contributed by atoms with van der Waals surface area (Å²) < 4.78 is 39.7. The number of amides is 1. The number of halogens is 3. The van der Waals surface area contributed by atoms with Crippen LogP contribution in [0, 0.1) is 0 Å². The fourth-order valence-electron chi connectivity index (χ4n) is 1.44. The van der Waals surface area contributed by atoms with E-state index in [1.165, 1.54) is 12.1 Å². The molecule has 0 spiro atoms. The molecule has 0 saturated heterocycles. The summed E-state index contributed by atoms with van der Waals surface area (Å²) in [6.07, 6.45) is -3.82. The first-order chi connectivity index (χ1) is 9.31. The van der Waals surface area contributed by atoms with E-state index in [1.54, 1.807) is 6.92 Å². The second kappa shape index (κ2) is 7.14. The van der Waals surface area contributed by atoms with Crippen LogP contribution in [0.15, 0.2) is 24.3 Å². The third-order valence-corrected chi connectivity index (χ3v) is 2.45. The summed E-state index contributed by atoms with van der Waals surface area (Å²) >= 11 is 0. The van der Waals surface area contributed by atoms with Crippen molar-refractivity contribution in [1.29, 1.82) is 0 Å². The Morgan fingerprint density at radius 3 is 2.40 bits per heavy atom. The fraction of sp³-hybridized carbons (Fsp3) is 0.462. The second-order valence-electron chi connectivity index (χ2n) is 4.24. The normalized spacial score (nSPS) is 12.8. The van der Waals surface area contributed by atoms with E-state index in [0.717, 1.165) is 18.6 Å². The van der Waals surface area contributed by atoms with Gasteiger partial charge in [-0.3, -0.25) is 4.79 Å². The van der Waals surface area contributed by atoms with Crippen LogP contribution >= 0.6 is 0 Å². The molecule has 1 atom stereocenters. The van der Waals surface area contributed by atoms with Crippen LogP contribution in [0.3, 0.4) is 0 Å². The maximum Gasteiger partial charge on any atom is 0.573 e. The van der Waals surface area contributed by atoms with Gasteiger partial charge in [0.1, 0.15) is 5.75 Å². The smallest absolute Gasteiger partial charge is 0.406 e. The molecule has 0 saturated carbocycles. The van der Waals surface area contributed by atoms with Crippen molar-refractivity contribution in [1.82, 2.24) is 5.32 Å². The molecule has 1 unspecified atom stereocenters. The van der Waals surface area contributed by atoms with Crippen molar-refractivity contribution >= 4 is 11.6 Å². The molecule has 0 aliphatic heterocycles. The van der Waals surface area contributed by atoms with Crippen LogP contribution in [0.4, 0.5) is 18.9 Å². The van der Waals surface area contributed by atoms with Crippen LogP contribution in [0.5, 0.6) is 5.75 Å². The number of rotatable bonds is 6. The summed E-state index contributed by atoms with van der Waals surface area (Å²) in [5.41, 5.74) is 0.412. The molecular weight excluding hydrogens is 273 g/mol.